The number of aliphatic hydroxyl groups excluding tert-OH is 1. The fourth-order valence-electron chi connectivity index (χ4n) is 11.6. The van der Waals surface area contributed by atoms with E-state index >= 15 is 0 Å². The third-order valence-electron chi connectivity index (χ3n) is 17.6. The zero-order valence-electron chi connectivity index (χ0n) is 62.3. The molecule has 0 aliphatic rings. The lowest BCUT2D eigenvalue weighted by atomic mass is 10.0. The van der Waals surface area contributed by atoms with E-state index in [1.807, 2.05) is 0 Å². The first kappa shape index (κ1) is 93.1. The number of carbonyl (C=O) groups is 4. The van der Waals surface area contributed by atoms with Crippen molar-refractivity contribution in [3.05, 3.63) is 0 Å². The van der Waals surface area contributed by atoms with E-state index < -0.39 is 97.5 Å². The van der Waals surface area contributed by atoms with E-state index in [1.54, 1.807) is 0 Å². The van der Waals surface area contributed by atoms with Crippen molar-refractivity contribution < 1.29 is 80.2 Å². The van der Waals surface area contributed by atoms with Crippen LogP contribution in [-0.2, 0) is 65.4 Å². The Bertz CT molecular complexity index is 1870. The van der Waals surface area contributed by atoms with Crippen LogP contribution >= 0.6 is 15.6 Å². The fourth-order valence-corrected chi connectivity index (χ4v) is 13.1. The predicted molar refractivity (Wildman–Crippen MR) is 386 cm³/mol. The van der Waals surface area contributed by atoms with Crippen molar-refractivity contribution >= 4 is 39.5 Å². The molecule has 0 fully saturated rings. The molecule has 5 atom stereocenters. The van der Waals surface area contributed by atoms with Gasteiger partial charge in [0.05, 0.1) is 26.4 Å². The molecule has 0 aliphatic heterocycles. The standard InChI is InChI=1S/C76H148O17P2/c1-66(2)52-44-36-28-21-15-12-10-9-11-13-17-24-32-40-48-56-73(78)86-62-71(92-76(81)59-51-43-34-26-20-19-23-30-38-46-54-68(5)6)64-90-94(82,83)88-60-70(77)61-89-95(84,85)91-65-72(63-87-74(79)57-49-41-35-27-31-39-47-55-69(7)8)93-75(80)58-50-42-33-25-18-14-16-22-29-37-45-53-67(3)4/h66-72,77H,9-65H2,1-8H3,(H,82,83)(H,84,85)/t70?,71-,72-/m1/s1. The number of hydrogen-bond donors (Lipinski definition) is 3. The maximum atomic E-state index is 13.1. The highest BCUT2D eigenvalue weighted by Gasteiger charge is 2.30. The first-order valence-corrected chi connectivity index (χ1v) is 42.2. The molecule has 3 unspecified atom stereocenters. The number of rotatable bonds is 73. The van der Waals surface area contributed by atoms with Gasteiger partial charge >= 0.3 is 39.5 Å². The maximum Gasteiger partial charge on any atom is 0.472 e. The van der Waals surface area contributed by atoms with Crippen molar-refractivity contribution in [3.8, 4) is 0 Å². The number of phosphoric ester groups is 2. The summed E-state index contributed by atoms with van der Waals surface area (Å²) in [4.78, 5) is 72.8. The molecular weight excluding hydrogens is 1250 g/mol. The molecule has 0 saturated carbocycles. The molecule has 0 rings (SSSR count). The van der Waals surface area contributed by atoms with Crippen LogP contribution in [-0.4, -0.2) is 96.7 Å². The summed E-state index contributed by atoms with van der Waals surface area (Å²) in [7, 11) is -9.91. The van der Waals surface area contributed by atoms with Gasteiger partial charge in [-0.2, -0.15) is 0 Å². The van der Waals surface area contributed by atoms with Crippen LogP contribution in [0.1, 0.15) is 383 Å². The van der Waals surface area contributed by atoms with Gasteiger partial charge in [0.15, 0.2) is 12.2 Å². The molecule has 0 aromatic carbocycles. The van der Waals surface area contributed by atoms with Gasteiger partial charge in [-0.05, 0) is 49.4 Å². The van der Waals surface area contributed by atoms with E-state index in [0.717, 1.165) is 114 Å². The Morgan fingerprint density at radius 3 is 0.653 bits per heavy atom. The van der Waals surface area contributed by atoms with Crippen molar-refractivity contribution in [2.45, 2.75) is 401 Å². The Kier molecular flexibility index (Phi) is 64.0. The molecule has 0 bridgehead atoms. The molecule has 0 aromatic rings. The first-order chi connectivity index (χ1) is 45.6. The second-order valence-electron chi connectivity index (χ2n) is 29.3. The highest BCUT2D eigenvalue weighted by Crippen LogP contribution is 2.45. The average Bonchev–Trinajstić information content (AvgIpc) is 2.46. The van der Waals surface area contributed by atoms with Crippen LogP contribution in [0.4, 0.5) is 0 Å². The molecule has 0 amide bonds. The minimum Gasteiger partial charge on any atom is -0.462 e. The van der Waals surface area contributed by atoms with Crippen LogP contribution in [0.25, 0.3) is 0 Å². The summed E-state index contributed by atoms with van der Waals surface area (Å²) in [6.07, 6.45) is 50.0. The summed E-state index contributed by atoms with van der Waals surface area (Å²) < 4.78 is 68.5. The van der Waals surface area contributed by atoms with E-state index in [2.05, 4.69) is 55.4 Å². The molecule has 17 nitrogen and oxygen atoms in total. The van der Waals surface area contributed by atoms with Gasteiger partial charge in [-0.3, -0.25) is 37.3 Å². The SMILES string of the molecule is CC(C)CCCCCCCCCCCCCCCCCC(=O)OC[C@H](COP(=O)(O)OCC(O)COP(=O)(O)OC[C@@H](COC(=O)CCCCCCCCCC(C)C)OC(=O)CCCCCCCCCCCCCC(C)C)OC(=O)CCCCCCCCCCCCC(C)C. The quantitative estimate of drug-likeness (QED) is 0.0222. The van der Waals surface area contributed by atoms with Crippen LogP contribution in [0.15, 0.2) is 0 Å². The summed E-state index contributed by atoms with van der Waals surface area (Å²) in [6.45, 7) is 14.2. The van der Waals surface area contributed by atoms with Crippen LogP contribution in [0.2, 0.25) is 0 Å². The molecule has 0 aliphatic carbocycles. The lowest BCUT2D eigenvalue weighted by molar-refractivity contribution is -0.161. The molecule has 0 spiro atoms. The topological polar surface area (TPSA) is 237 Å². The first-order valence-electron chi connectivity index (χ1n) is 39.2. The third kappa shape index (κ3) is 70.3. The van der Waals surface area contributed by atoms with E-state index in [4.69, 9.17) is 37.0 Å². The van der Waals surface area contributed by atoms with E-state index in [0.29, 0.717) is 31.6 Å². The highest BCUT2D eigenvalue weighted by molar-refractivity contribution is 7.47. The summed E-state index contributed by atoms with van der Waals surface area (Å²) in [5, 5.41) is 10.6. The van der Waals surface area contributed by atoms with E-state index in [1.165, 1.54) is 180 Å². The number of phosphoric acid groups is 2. The molecule has 19 heteroatoms. The normalized spacial score (nSPS) is 14.1. The molecule has 0 radical (unpaired) electrons. The number of esters is 4. The number of unbranched alkanes of at least 4 members (excludes halogenated alkanes) is 39. The number of ether oxygens (including phenoxy) is 4. The van der Waals surface area contributed by atoms with Gasteiger partial charge in [-0.15, -0.1) is 0 Å². The monoisotopic (exact) mass is 1400 g/mol. The van der Waals surface area contributed by atoms with Gasteiger partial charge in [-0.1, -0.05) is 331 Å². The van der Waals surface area contributed by atoms with Gasteiger partial charge in [0, 0.05) is 25.7 Å². The zero-order chi connectivity index (χ0) is 70.3. The largest absolute Gasteiger partial charge is 0.472 e. The Labute approximate surface area is 581 Å². The van der Waals surface area contributed by atoms with Crippen molar-refractivity contribution in [2.24, 2.45) is 23.7 Å². The van der Waals surface area contributed by atoms with Crippen molar-refractivity contribution in [1.29, 1.82) is 0 Å². The summed E-state index contributed by atoms with van der Waals surface area (Å²) in [5.41, 5.74) is 0. The minimum atomic E-state index is -4.96. The number of hydrogen-bond acceptors (Lipinski definition) is 15. The van der Waals surface area contributed by atoms with Crippen LogP contribution in [0.3, 0.4) is 0 Å². The lowest BCUT2D eigenvalue weighted by Gasteiger charge is -2.21. The molecule has 3 N–H and O–H groups in total. The Morgan fingerprint density at radius 1 is 0.263 bits per heavy atom. The van der Waals surface area contributed by atoms with E-state index in [-0.39, 0.29) is 25.7 Å². The van der Waals surface area contributed by atoms with Crippen LogP contribution in [0, 0.1) is 23.7 Å². The van der Waals surface area contributed by atoms with Crippen LogP contribution < -0.4 is 0 Å². The second kappa shape index (κ2) is 65.4. The summed E-state index contributed by atoms with van der Waals surface area (Å²) in [5.74, 6) is 0.907. The van der Waals surface area contributed by atoms with Gasteiger partial charge in [0.1, 0.15) is 19.3 Å². The molecule has 0 heterocycles. The van der Waals surface area contributed by atoms with E-state index in [9.17, 15) is 43.2 Å². The van der Waals surface area contributed by atoms with Gasteiger partial charge in [0.2, 0.25) is 0 Å². The number of aliphatic hydroxyl groups is 1. The van der Waals surface area contributed by atoms with Crippen LogP contribution in [0.5, 0.6) is 0 Å². The molecular formula is C76H148O17P2. The predicted octanol–water partition coefficient (Wildman–Crippen LogP) is 22.0. The van der Waals surface area contributed by atoms with Gasteiger partial charge in [0.25, 0.3) is 0 Å². The molecule has 0 saturated heterocycles. The van der Waals surface area contributed by atoms with Crippen molar-refractivity contribution in [1.82, 2.24) is 0 Å². The summed E-state index contributed by atoms with van der Waals surface area (Å²) >= 11 is 0. The molecule has 0 aromatic heterocycles. The Morgan fingerprint density at radius 2 is 0.442 bits per heavy atom. The highest BCUT2D eigenvalue weighted by atomic mass is 31.2. The Balaban J connectivity index is 5.23. The second-order valence-corrected chi connectivity index (χ2v) is 32.2. The molecule has 564 valence electrons. The van der Waals surface area contributed by atoms with Gasteiger partial charge < -0.3 is 33.8 Å². The van der Waals surface area contributed by atoms with Crippen molar-refractivity contribution in [2.75, 3.05) is 39.6 Å². The summed E-state index contributed by atoms with van der Waals surface area (Å²) in [6, 6.07) is 0. The smallest absolute Gasteiger partial charge is 0.462 e. The fraction of sp³-hybridized carbons (Fsp3) is 0.947. The zero-order valence-corrected chi connectivity index (χ0v) is 64.1. The Hall–Kier alpha value is -1.94. The minimum absolute atomic E-state index is 0.105. The lowest BCUT2D eigenvalue weighted by Crippen LogP contribution is -2.30. The average molecular weight is 1400 g/mol. The van der Waals surface area contributed by atoms with Crippen molar-refractivity contribution in [3.63, 3.8) is 0 Å². The molecule has 95 heavy (non-hydrogen) atoms. The number of carbonyl (C=O) groups excluding carboxylic acids is 4. The van der Waals surface area contributed by atoms with Gasteiger partial charge in [-0.25, -0.2) is 9.13 Å². The maximum absolute atomic E-state index is 13.1. The third-order valence-corrected chi connectivity index (χ3v) is 19.5.